The molecule has 23 heavy (non-hydrogen) atoms. The molecule has 3 rings (SSSR count). The third kappa shape index (κ3) is 3.76. The Morgan fingerprint density at radius 2 is 1.65 bits per heavy atom. The van der Waals surface area contributed by atoms with Crippen molar-refractivity contribution >= 4 is 23.3 Å². The number of nitrogens with one attached hydrogen (secondary N) is 2. The van der Waals surface area contributed by atoms with Crippen LogP contribution in [0.25, 0.3) is 0 Å². The third-order valence-electron chi connectivity index (χ3n) is 3.36. The molecule has 0 radical (unpaired) electrons. The number of carbonyl (C=O) groups is 1. The Kier molecular flexibility index (Phi) is 4.68. The number of hydrogen-bond acceptors (Lipinski definition) is 3. The summed E-state index contributed by atoms with van der Waals surface area (Å²) in [6, 6.07) is 14.0. The summed E-state index contributed by atoms with van der Waals surface area (Å²) in [4.78, 5) is 12.1. The van der Waals surface area contributed by atoms with E-state index < -0.39 is 0 Å². The van der Waals surface area contributed by atoms with E-state index in [1.165, 1.54) is 0 Å². The molecule has 1 aromatic carbocycles. The van der Waals surface area contributed by atoms with Gasteiger partial charge in [-0.1, -0.05) is 23.7 Å². The fourth-order valence-corrected chi connectivity index (χ4v) is 2.43. The zero-order valence-corrected chi connectivity index (χ0v) is 12.9. The summed E-state index contributed by atoms with van der Waals surface area (Å²) < 4.78 is 10.9. The number of anilines is 1. The van der Waals surface area contributed by atoms with Gasteiger partial charge in [-0.3, -0.25) is 0 Å². The van der Waals surface area contributed by atoms with Crippen LogP contribution in [0.15, 0.2) is 69.9 Å². The molecule has 0 aliphatic rings. The summed E-state index contributed by atoms with van der Waals surface area (Å²) in [5, 5.41) is 6.00. The summed E-state index contributed by atoms with van der Waals surface area (Å²) in [7, 11) is 0. The maximum absolute atomic E-state index is 12.1. The van der Waals surface area contributed by atoms with E-state index in [1.54, 1.807) is 48.9 Å². The van der Waals surface area contributed by atoms with Gasteiger partial charge in [-0.15, -0.1) is 0 Å². The zero-order valence-electron chi connectivity index (χ0n) is 12.2. The van der Waals surface area contributed by atoms with Gasteiger partial charge in [-0.05, 0) is 36.4 Å². The highest BCUT2D eigenvalue weighted by molar-refractivity contribution is 6.33. The molecule has 0 aliphatic carbocycles. The van der Waals surface area contributed by atoms with Crippen LogP contribution < -0.4 is 10.6 Å². The lowest BCUT2D eigenvalue weighted by molar-refractivity contribution is 0.251. The third-order valence-corrected chi connectivity index (χ3v) is 3.69. The van der Waals surface area contributed by atoms with E-state index in [-0.39, 0.29) is 11.9 Å². The van der Waals surface area contributed by atoms with Gasteiger partial charge >= 0.3 is 6.03 Å². The molecule has 0 unspecified atom stereocenters. The number of hydrogen-bond donors (Lipinski definition) is 2. The first-order valence-corrected chi connectivity index (χ1v) is 7.48. The van der Waals surface area contributed by atoms with Crippen molar-refractivity contribution in [2.24, 2.45) is 0 Å². The first-order valence-electron chi connectivity index (χ1n) is 7.10. The predicted molar refractivity (Wildman–Crippen MR) is 87.7 cm³/mol. The second-order valence-electron chi connectivity index (χ2n) is 4.90. The van der Waals surface area contributed by atoms with Crippen molar-refractivity contribution in [2.45, 2.75) is 5.92 Å². The van der Waals surface area contributed by atoms with Crippen LogP contribution in [0.1, 0.15) is 17.4 Å². The highest BCUT2D eigenvalue weighted by Gasteiger charge is 2.20. The number of halogens is 1. The monoisotopic (exact) mass is 330 g/mol. The first-order chi connectivity index (χ1) is 11.2. The number of benzene rings is 1. The van der Waals surface area contributed by atoms with Gasteiger partial charge in [0.1, 0.15) is 11.5 Å². The van der Waals surface area contributed by atoms with Crippen LogP contribution >= 0.6 is 11.6 Å². The molecule has 118 valence electrons. The van der Waals surface area contributed by atoms with Gasteiger partial charge in [-0.2, -0.15) is 0 Å². The van der Waals surface area contributed by atoms with Gasteiger partial charge < -0.3 is 19.5 Å². The van der Waals surface area contributed by atoms with Crippen LogP contribution in [0.3, 0.4) is 0 Å². The van der Waals surface area contributed by atoms with Crippen LogP contribution in [-0.4, -0.2) is 12.6 Å². The number of carbonyl (C=O) groups excluding carboxylic acids is 1. The topological polar surface area (TPSA) is 67.4 Å². The van der Waals surface area contributed by atoms with E-state index in [0.717, 1.165) is 11.5 Å². The molecule has 2 N–H and O–H groups in total. The normalized spacial score (nSPS) is 10.7. The van der Waals surface area contributed by atoms with Crippen molar-refractivity contribution in [3.05, 3.63) is 77.6 Å². The van der Waals surface area contributed by atoms with Gasteiger partial charge in [0.05, 0.1) is 29.2 Å². The second kappa shape index (κ2) is 7.07. The largest absolute Gasteiger partial charge is 0.469 e. The molecular formula is C17H15ClN2O3. The Bertz CT molecular complexity index is 720. The van der Waals surface area contributed by atoms with Crippen LogP contribution in [0.2, 0.25) is 5.02 Å². The van der Waals surface area contributed by atoms with Gasteiger partial charge in [0.25, 0.3) is 0 Å². The molecule has 5 nitrogen and oxygen atoms in total. The standard InChI is InChI=1S/C17H15ClN2O3/c18-13-5-1-2-6-14(13)20-17(21)19-11-12(15-7-3-9-22-15)16-8-4-10-23-16/h1-10,12H,11H2,(H2,19,20,21). The highest BCUT2D eigenvalue weighted by Crippen LogP contribution is 2.25. The van der Waals surface area contributed by atoms with E-state index in [4.69, 9.17) is 20.4 Å². The SMILES string of the molecule is O=C(NCC(c1ccco1)c1ccco1)Nc1ccccc1Cl. The maximum atomic E-state index is 12.1. The lowest BCUT2D eigenvalue weighted by Crippen LogP contribution is -2.32. The van der Waals surface area contributed by atoms with Gasteiger partial charge in [0.15, 0.2) is 0 Å². The minimum Gasteiger partial charge on any atom is -0.469 e. The Morgan fingerprint density at radius 3 is 2.22 bits per heavy atom. The number of rotatable bonds is 5. The lowest BCUT2D eigenvalue weighted by atomic mass is 10.0. The van der Waals surface area contributed by atoms with Crippen LogP contribution in [0, 0.1) is 0 Å². The summed E-state index contributed by atoms with van der Waals surface area (Å²) in [6.45, 7) is 0.331. The summed E-state index contributed by atoms with van der Waals surface area (Å²) in [5.41, 5.74) is 0.555. The Morgan fingerprint density at radius 1 is 1.00 bits per heavy atom. The average molecular weight is 331 g/mol. The Hall–Kier alpha value is -2.66. The van der Waals surface area contributed by atoms with Crippen molar-refractivity contribution in [3.63, 3.8) is 0 Å². The van der Waals surface area contributed by atoms with Gasteiger partial charge in [0, 0.05) is 6.54 Å². The number of para-hydroxylation sites is 1. The molecule has 2 amide bonds. The maximum Gasteiger partial charge on any atom is 0.319 e. The average Bonchev–Trinajstić information content (AvgIpc) is 3.23. The molecule has 3 aromatic rings. The minimum absolute atomic E-state index is 0.197. The van der Waals surface area contributed by atoms with E-state index in [1.807, 2.05) is 12.1 Å². The molecule has 6 heteroatoms. The highest BCUT2D eigenvalue weighted by atomic mass is 35.5. The van der Waals surface area contributed by atoms with E-state index in [0.29, 0.717) is 17.3 Å². The van der Waals surface area contributed by atoms with Crippen LogP contribution in [0.4, 0.5) is 10.5 Å². The quantitative estimate of drug-likeness (QED) is 0.724. The number of urea groups is 1. The summed E-state index contributed by atoms with van der Waals surface area (Å²) in [5.74, 6) is 1.24. The molecule has 0 atom stereocenters. The summed E-state index contributed by atoms with van der Waals surface area (Å²) in [6.07, 6.45) is 3.18. The van der Waals surface area contributed by atoms with E-state index >= 15 is 0 Å². The molecule has 0 saturated carbocycles. The van der Waals surface area contributed by atoms with Crippen molar-refractivity contribution < 1.29 is 13.6 Å². The van der Waals surface area contributed by atoms with Crippen molar-refractivity contribution in [1.29, 1.82) is 0 Å². The first kappa shape index (κ1) is 15.2. The van der Waals surface area contributed by atoms with Crippen molar-refractivity contribution in [3.8, 4) is 0 Å². The lowest BCUT2D eigenvalue weighted by Gasteiger charge is -2.14. The van der Waals surface area contributed by atoms with E-state index in [9.17, 15) is 4.79 Å². The smallest absolute Gasteiger partial charge is 0.319 e. The second-order valence-corrected chi connectivity index (χ2v) is 5.31. The van der Waals surface area contributed by atoms with Crippen molar-refractivity contribution in [1.82, 2.24) is 5.32 Å². The molecule has 0 saturated heterocycles. The number of furan rings is 2. The molecule has 0 bridgehead atoms. The van der Waals surface area contributed by atoms with Gasteiger partial charge in [0.2, 0.25) is 0 Å². The zero-order chi connectivity index (χ0) is 16.1. The fraction of sp³-hybridized carbons (Fsp3) is 0.118. The van der Waals surface area contributed by atoms with Crippen LogP contribution in [-0.2, 0) is 0 Å². The van der Waals surface area contributed by atoms with Gasteiger partial charge in [-0.25, -0.2) is 4.79 Å². The predicted octanol–water partition coefficient (Wildman–Crippen LogP) is 4.48. The summed E-state index contributed by atoms with van der Waals surface area (Å²) >= 11 is 6.02. The molecule has 0 fully saturated rings. The molecule has 0 spiro atoms. The van der Waals surface area contributed by atoms with Crippen LogP contribution in [0.5, 0.6) is 0 Å². The minimum atomic E-state index is -0.346. The Labute approximate surface area is 138 Å². The molecule has 0 aliphatic heterocycles. The fourth-order valence-electron chi connectivity index (χ4n) is 2.24. The molecular weight excluding hydrogens is 316 g/mol. The van der Waals surface area contributed by atoms with E-state index in [2.05, 4.69) is 10.6 Å². The van der Waals surface area contributed by atoms with Crippen molar-refractivity contribution in [2.75, 3.05) is 11.9 Å². The molecule has 2 heterocycles. The number of amides is 2. The molecule has 2 aromatic heterocycles. The Balaban J connectivity index is 1.65.